The fraction of sp³-hybridized carbons (Fsp3) is 0.467. The number of hydrogen-bond donors (Lipinski definition) is 4. The fourth-order valence-electron chi connectivity index (χ4n) is 1.75. The lowest BCUT2D eigenvalue weighted by Gasteiger charge is -2.19. The van der Waals surface area contributed by atoms with Crippen LogP contribution in [0.5, 0.6) is 0 Å². The lowest BCUT2D eigenvalue weighted by molar-refractivity contribution is -0.127. The Balaban J connectivity index is 2.74. The molecule has 0 heterocycles. The molecule has 0 unspecified atom stereocenters. The average Bonchev–Trinajstić information content (AvgIpc) is 2.45. The third-order valence-electron chi connectivity index (χ3n) is 3.34. The molecule has 1 rings (SSSR count). The number of nitrogens with one attached hydrogen (secondary N) is 2. The van der Waals surface area contributed by atoms with E-state index in [9.17, 15) is 9.59 Å². The van der Waals surface area contributed by atoms with Gasteiger partial charge in [-0.05, 0) is 25.0 Å². The van der Waals surface area contributed by atoms with E-state index in [2.05, 4.69) is 10.6 Å². The highest BCUT2D eigenvalue weighted by molar-refractivity contribution is 6.36. The first-order valence-corrected chi connectivity index (χ1v) is 7.88. The van der Waals surface area contributed by atoms with Crippen LogP contribution in [0.25, 0.3) is 0 Å². The molecule has 5 N–H and O–H groups in total. The summed E-state index contributed by atoms with van der Waals surface area (Å²) in [6.45, 7) is 4.89. The summed E-state index contributed by atoms with van der Waals surface area (Å²) in [6.07, 6.45) is 0. The summed E-state index contributed by atoms with van der Waals surface area (Å²) in [5.74, 6) is -0.860. The van der Waals surface area contributed by atoms with Crippen molar-refractivity contribution in [3.05, 3.63) is 27.7 Å². The number of anilines is 1. The largest absolute Gasteiger partial charge is 0.392 e. The molecular formula is C15H21Cl2N3O3. The maximum Gasteiger partial charge on any atom is 0.246 e. The molecule has 0 saturated carbocycles. The van der Waals surface area contributed by atoms with Crippen molar-refractivity contribution in [2.45, 2.75) is 39.5 Å². The molecule has 0 aromatic heterocycles. The smallest absolute Gasteiger partial charge is 0.246 e. The second-order valence-corrected chi connectivity index (χ2v) is 6.38. The number of rotatable bonds is 6. The van der Waals surface area contributed by atoms with Gasteiger partial charge in [-0.3, -0.25) is 9.59 Å². The van der Waals surface area contributed by atoms with E-state index in [4.69, 9.17) is 34.0 Å². The van der Waals surface area contributed by atoms with E-state index in [1.54, 1.807) is 6.92 Å². The zero-order valence-electron chi connectivity index (χ0n) is 13.2. The Kier molecular flexibility index (Phi) is 7.28. The highest BCUT2D eigenvalue weighted by Crippen LogP contribution is 2.29. The molecule has 0 aliphatic rings. The Morgan fingerprint density at radius 3 is 2.13 bits per heavy atom. The molecule has 23 heavy (non-hydrogen) atoms. The standard InChI is InChI=1S/C15H21Cl2N3O3/c1-7(2)13(18)15(23)19-8(3)14(22)20-9-4-11(16)10(6-21)12(17)5-9/h4-5,7-8,13,21H,6,18H2,1-3H3,(H,19,23)(H,20,22)/t8-,13-/m0/s1. The molecule has 1 aromatic rings. The average molecular weight is 362 g/mol. The lowest BCUT2D eigenvalue weighted by Crippen LogP contribution is -2.50. The van der Waals surface area contributed by atoms with Crippen molar-refractivity contribution >= 4 is 40.7 Å². The quantitative estimate of drug-likeness (QED) is 0.621. The Labute approximate surface area is 145 Å². The van der Waals surface area contributed by atoms with Crippen LogP contribution in [0.3, 0.4) is 0 Å². The molecule has 6 nitrogen and oxygen atoms in total. The first-order chi connectivity index (χ1) is 10.7. The summed E-state index contributed by atoms with van der Waals surface area (Å²) in [5.41, 5.74) is 6.49. The van der Waals surface area contributed by atoms with E-state index in [1.165, 1.54) is 12.1 Å². The summed E-state index contributed by atoms with van der Waals surface area (Å²) in [4.78, 5) is 24.0. The summed E-state index contributed by atoms with van der Waals surface area (Å²) >= 11 is 12.0. The van der Waals surface area contributed by atoms with Crippen molar-refractivity contribution in [3.8, 4) is 0 Å². The van der Waals surface area contributed by atoms with E-state index in [0.29, 0.717) is 11.3 Å². The van der Waals surface area contributed by atoms with Crippen LogP contribution in [0.15, 0.2) is 12.1 Å². The number of carbonyl (C=O) groups is 2. The number of nitrogens with two attached hydrogens (primary N) is 1. The van der Waals surface area contributed by atoms with Crippen molar-refractivity contribution in [1.82, 2.24) is 5.32 Å². The number of aliphatic hydroxyl groups excluding tert-OH is 1. The maximum absolute atomic E-state index is 12.1. The lowest BCUT2D eigenvalue weighted by atomic mass is 10.0. The monoisotopic (exact) mass is 361 g/mol. The molecule has 0 fully saturated rings. The van der Waals surface area contributed by atoms with Crippen LogP contribution < -0.4 is 16.4 Å². The summed E-state index contributed by atoms with van der Waals surface area (Å²) in [6, 6.07) is 1.50. The molecule has 0 radical (unpaired) electrons. The minimum Gasteiger partial charge on any atom is -0.392 e. The predicted molar refractivity (Wildman–Crippen MR) is 91.4 cm³/mol. The van der Waals surface area contributed by atoms with Crippen molar-refractivity contribution in [2.24, 2.45) is 11.7 Å². The van der Waals surface area contributed by atoms with Crippen LogP contribution in [0.2, 0.25) is 10.0 Å². The molecule has 128 valence electrons. The van der Waals surface area contributed by atoms with Crippen LogP contribution >= 0.6 is 23.2 Å². The minimum absolute atomic E-state index is 0.0334. The maximum atomic E-state index is 12.1. The second-order valence-electron chi connectivity index (χ2n) is 5.57. The van der Waals surface area contributed by atoms with Gasteiger partial charge in [-0.2, -0.15) is 0 Å². The first kappa shape index (κ1) is 19.7. The predicted octanol–water partition coefficient (Wildman–Crippen LogP) is 1.91. The number of benzene rings is 1. The number of amides is 2. The van der Waals surface area contributed by atoms with Crippen LogP contribution in [-0.4, -0.2) is 29.0 Å². The highest BCUT2D eigenvalue weighted by Gasteiger charge is 2.22. The summed E-state index contributed by atoms with van der Waals surface area (Å²) in [7, 11) is 0. The Bertz CT molecular complexity index is 570. The van der Waals surface area contributed by atoms with Gasteiger partial charge in [0.1, 0.15) is 6.04 Å². The summed E-state index contributed by atoms with van der Waals surface area (Å²) < 4.78 is 0. The molecule has 0 saturated heterocycles. The van der Waals surface area contributed by atoms with Gasteiger partial charge in [-0.15, -0.1) is 0 Å². The van der Waals surface area contributed by atoms with Crippen LogP contribution in [0, 0.1) is 5.92 Å². The molecule has 1 aromatic carbocycles. The van der Waals surface area contributed by atoms with Gasteiger partial charge in [0, 0.05) is 21.3 Å². The number of hydrogen-bond acceptors (Lipinski definition) is 4. The van der Waals surface area contributed by atoms with Crippen molar-refractivity contribution < 1.29 is 14.7 Å². The zero-order valence-corrected chi connectivity index (χ0v) is 14.7. The van der Waals surface area contributed by atoms with Gasteiger partial charge in [0.2, 0.25) is 11.8 Å². The van der Waals surface area contributed by atoms with Gasteiger partial charge in [0.05, 0.1) is 12.6 Å². The van der Waals surface area contributed by atoms with Crippen molar-refractivity contribution in [3.63, 3.8) is 0 Å². The Morgan fingerprint density at radius 2 is 1.70 bits per heavy atom. The SMILES string of the molecule is CC(C)[C@H](N)C(=O)N[C@@H](C)C(=O)Nc1cc(Cl)c(CO)c(Cl)c1. The topological polar surface area (TPSA) is 104 Å². The first-order valence-electron chi connectivity index (χ1n) is 7.13. The molecule has 0 aliphatic heterocycles. The van der Waals surface area contributed by atoms with Gasteiger partial charge < -0.3 is 21.5 Å². The zero-order chi connectivity index (χ0) is 17.7. The molecule has 0 bridgehead atoms. The van der Waals surface area contributed by atoms with E-state index in [1.807, 2.05) is 13.8 Å². The van der Waals surface area contributed by atoms with Crippen molar-refractivity contribution in [2.75, 3.05) is 5.32 Å². The number of carbonyl (C=O) groups excluding carboxylic acids is 2. The van der Waals surface area contributed by atoms with Crippen LogP contribution in [0.4, 0.5) is 5.69 Å². The molecule has 0 aliphatic carbocycles. The fourth-order valence-corrected chi connectivity index (χ4v) is 2.36. The second kappa shape index (κ2) is 8.49. The number of halogens is 2. The van der Waals surface area contributed by atoms with E-state index in [0.717, 1.165) is 0 Å². The van der Waals surface area contributed by atoms with Gasteiger partial charge in [0.15, 0.2) is 0 Å². The van der Waals surface area contributed by atoms with Gasteiger partial charge in [-0.1, -0.05) is 37.0 Å². The third kappa shape index (κ3) is 5.35. The normalized spacial score (nSPS) is 13.6. The minimum atomic E-state index is -0.776. The molecular weight excluding hydrogens is 341 g/mol. The van der Waals surface area contributed by atoms with E-state index in [-0.39, 0.29) is 22.6 Å². The molecule has 2 amide bonds. The summed E-state index contributed by atoms with van der Waals surface area (Å²) in [5, 5.41) is 14.8. The van der Waals surface area contributed by atoms with E-state index >= 15 is 0 Å². The molecule has 8 heteroatoms. The van der Waals surface area contributed by atoms with Crippen molar-refractivity contribution in [1.29, 1.82) is 0 Å². The Hall–Kier alpha value is -1.34. The molecule has 0 spiro atoms. The van der Waals surface area contributed by atoms with E-state index < -0.39 is 23.9 Å². The third-order valence-corrected chi connectivity index (χ3v) is 4.01. The van der Waals surface area contributed by atoms with Crippen LogP contribution in [-0.2, 0) is 16.2 Å². The van der Waals surface area contributed by atoms with Gasteiger partial charge in [0.25, 0.3) is 0 Å². The van der Waals surface area contributed by atoms with Gasteiger partial charge in [-0.25, -0.2) is 0 Å². The highest BCUT2D eigenvalue weighted by atomic mass is 35.5. The molecule has 2 atom stereocenters. The van der Waals surface area contributed by atoms with Gasteiger partial charge >= 0.3 is 0 Å². The van der Waals surface area contributed by atoms with Crippen LogP contribution in [0.1, 0.15) is 26.3 Å². The number of aliphatic hydroxyl groups is 1. The Morgan fingerprint density at radius 1 is 1.17 bits per heavy atom.